The highest BCUT2D eigenvalue weighted by atomic mass is 32.2. The summed E-state index contributed by atoms with van der Waals surface area (Å²) >= 11 is 0. The average molecular weight is 469 g/mol. The number of piperidine rings is 1. The zero-order valence-corrected chi connectivity index (χ0v) is 19.5. The third-order valence-electron chi connectivity index (χ3n) is 6.65. The molecular weight excluding hydrogens is 440 g/mol. The average Bonchev–Trinajstić information content (AvgIpc) is 3.24. The number of aryl methyl sites for hydroxylation is 1. The highest BCUT2D eigenvalue weighted by Gasteiger charge is 2.36. The molecule has 10 heteroatoms. The first-order chi connectivity index (χ1) is 15.9. The number of carbonyl (C=O) groups excluding carboxylic acids is 1. The molecule has 3 aromatic rings. The lowest BCUT2D eigenvalue weighted by Gasteiger charge is -2.38. The zero-order valence-electron chi connectivity index (χ0n) is 18.7. The van der Waals surface area contributed by atoms with Crippen molar-refractivity contribution in [1.29, 1.82) is 0 Å². The first kappa shape index (κ1) is 21.8. The summed E-state index contributed by atoms with van der Waals surface area (Å²) in [6.07, 6.45) is 6.74. The molecular formula is C23H28N6O3S. The molecule has 2 saturated heterocycles. The molecule has 174 valence electrons. The molecule has 4 heterocycles. The monoisotopic (exact) mass is 468 g/mol. The van der Waals surface area contributed by atoms with Gasteiger partial charge >= 0.3 is 0 Å². The van der Waals surface area contributed by atoms with Crippen molar-refractivity contribution in [3.8, 4) is 0 Å². The molecule has 0 saturated carbocycles. The third kappa shape index (κ3) is 4.20. The van der Waals surface area contributed by atoms with E-state index in [4.69, 9.17) is 0 Å². The van der Waals surface area contributed by atoms with Gasteiger partial charge in [-0.2, -0.15) is 4.31 Å². The molecule has 1 unspecified atom stereocenters. The van der Waals surface area contributed by atoms with Crippen molar-refractivity contribution in [2.75, 3.05) is 44.2 Å². The van der Waals surface area contributed by atoms with Gasteiger partial charge < -0.3 is 14.4 Å². The van der Waals surface area contributed by atoms with Crippen LogP contribution in [0.5, 0.6) is 0 Å². The van der Waals surface area contributed by atoms with Crippen LogP contribution in [0.3, 0.4) is 0 Å². The number of hydrogen-bond acceptors (Lipinski definition) is 6. The van der Waals surface area contributed by atoms with Gasteiger partial charge in [0.1, 0.15) is 0 Å². The van der Waals surface area contributed by atoms with Gasteiger partial charge in [0.2, 0.25) is 21.9 Å². The molecule has 0 N–H and O–H groups in total. The van der Waals surface area contributed by atoms with E-state index in [1.807, 2.05) is 34.8 Å². The number of piperazine rings is 1. The van der Waals surface area contributed by atoms with Crippen molar-refractivity contribution >= 4 is 32.8 Å². The van der Waals surface area contributed by atoms with Crippen molar-refractivity contribution in [2.45, 2.75) is 17.7 Å². The van der Waals surface area contributed by atoms with Crippen LogP contribution in [0.1, 0.15) is 12.8 Å². The number of rotatable bonds is 4. The van der Waals surface area contributed by atoms with Crippen molar-refractivity contribution in [2.24, 2.45) is 13.0 Å². The number of aromatic nitrogens is 3. The normalized spacial score (nSPS) is 20.3. The quantitative estimate of drug-likeness (QED) is 0.579. The molecule has 1 amide bonds. The summed E-state index contributed by atoms with van der Waals surface area (Å²) in [6, 6.07) is 8.92. The second kappa shape index (κ2) is 8.75. The number of amides is 1. The molecule has 9 nitrogen and oxygen atoms in total. The summed E-state index contributed by atoms with van der Waals surface area (Å²) in [5, 5.41) is 0.892. The van der Waals surface area contributed by atoms with Crippen molar-refractivity contribution in [1.82, 2.24) is 23.7 Å². The van der Waals surface area contributed by atoms with Gasteiger partial charge in [0.05, 0.1) is 10.8 Å². The van der Waals surface area contributed by atoms with Gasteiger partial charge in [0.25, 0.3) is 0 Å². The molecule has 0 bridgehead atoms. The maximum absolute atomic E-state index is 13.4. The second-order valence-corrected chi connectivity index (χ2v) is 10.6. The van der Waals surface area contributed by atoms with Gasteiger partial charge in [0, 0.05) is 75.8 Å². The van der Waals surface area contributed by atoms with Crippen LogP contribution in [0.4, 0.5) is 5.95 Å². The lowest BCUT2D eigenvalue weighted by atomic mass is 9.98. The lowest BCUT2D eigenvalue weighted by molar-refractivity contribution is -0.137. The highest BCUT2D eigenvalue weighted by molar-refractivity contribution is 7.89. The molecule has 1 aromatic carbocycles. The minimum atomic E-state index is -3.66. The maximum Gasteiger partial charge on any atom is 0.243 e. The fraction of sp³-hybridized carbons (Fsp3) is 0.435. The molecule has 0 aliphatic carbocycles. The molecule has 2 aliphatic rings. The van der Waals surface area contributed by atoms with E-state index in [2.05, 4.69) is 14.9 Å². The Bertz CT molecular complexity index is 1250. The predicted molar refractivity (Wildman–Crippen MR) is 125 cm³/mol. The standard InChI is InChI=1S/C23H28N6O3S/c1-26-11-7-18-16-20(5-6-21(18)26)33(31,32)29-10-2-4-19(17-29)22(30)27-12-14-28(15-13-27)23-24-8-3-9-25-23/h3,5-9,11,16,19H,2,4,10,12-15,17H2,1H3. The first-order valence-electron chi connectivity index (χ1n) is 11.3. The van der Waals surface area contributed by atoms with E-state index in [1.165, 1.54) is 4.31 Å². The zero-order chi connectivity index (χ0) is 23.0. The SMILES string of the molecule is Cn1ccc2cc(S(=O)(=O)N3CCCC(C(=O)N4CCN(c5ncccn5)CC4)C3)ccc21. The summed E-state index contributed by atoms with van der Waals surface area (Å²) in [5.74, 6) is 0.408. The van der Waals surface area contributed by atoms with Crippen LogP contribution in [-0.2, 0) is 21.9 Å². The number of anilines is 1. The number of sulfonamides is 1. The van der Waals surface area contributed by atoms with E-state index in [1.54, 1.807) is 30.6 Å². The Hall–Kier alpha value is -2.98. The summed E-state index contributed by atoms with van der Waals surface area (Å²) in [5.41, 5.74) is 0.987. The number of nitrogens with zero attached hydrogens (tertiary/aromatic N) is 6. The van der Waals surface area contributed by atoms with Gasteiger partial charge in [-0.15, -0.1) is 0 Å². The maximum atomic E-state index is 13.4. The van der Waals surface area contributed by atoms with Crippen molar-refractivity contribution in [3.63, 3.8) is 0 Å². The first-order valence-corrected chi connectivity index (χ1v) is 12.7. The number of benzene rings is 1. The van der Waals surface area contributed by atoms with Gasteiger partial charge in [-0.1, -0.05) is 0 Å². The molecule has 5 rings (SSSR count). The molecule has 0 radical (unpaired) electrons. The van der Waals surface area contributed by atoms with Gasteiger partial charge in [-0.25, -0.2) is 18.4 Å². The Morgan fingerprint density at radius 2 is 1.79 bits per heavy atom. The van der Waals surface area contributed by atoms with Crippen molar-refractivity contribution in [3.05, 3.63) is 48.9 Å². The summed E-state index contributed by atoms with van der Waals surface area (Å²) in [6.45, 7) is 3.19. The molecule has 0 spiro atoms. The van der Waals surface area contributed by atoms with Crippen LogP contribution >= 0.6 is 0 Å². The van der Waals surface area contributed by atoms with Gasteiger partial charge in [-0.3, -0.25) is 4.79 Å². The summed E-state index contributed by atoms with van der Waals surface area (Å²) in [7, 11) is -1.72. The Morgan fingerprint density at radius 3 is 2.55 bits per heavy atom. The van der Waals surface area contributed by atoms with Gasteiger partial charge in [-0.05, 0) is 43.2 Å². The van der Waals surface area contributed by atoms with Crippen LogP contribution < -0.4 is 4.90 Å². The Morgan fingerprint density at radius 1 is 1.03 bits per heavy atom. The molecule has 2 aromatic heterocycles. The van der Waals surface area contributed by atoms with E-state index < -0.39 is 10.0 Å². The fourth-order valence-electron chi connectivity index (χ4n) is 4.77. The molecule has 1 atom stereocenters. The number of carbonyl (C=O) groups is 1. The van der Waals surface area contributed by atoms with Crippen LogP contribution in [0.2, 0.25) is 0 Å². The number of hydrogen-bond donors (Lipinski definition) is 0. The van der Waals surface area contributed by atoms with E-state index in [0.29, 0.717) is 51.5 Å². The Balaban J connectivity index is 1.25. The smallest absolute Gasteiger partial charge is 0.243 e. The summed E-state index contributed by atoms with van der Waals surface area (Å²) in [4.78, 5) is 26.0. The van der Waals surface area contributed by atoms with E-state index in [9.17, 15) is 13.2 Å². The Labute approximate surface area is 193 Å². The van der Waals surface area contributed by atoms with E-state index >= 15 is 0 Å². The van der Waals surface area contributed by atoms with Crippen molar-refractivity contribution < 1.29 is 13.2 Å². The Kier molecular flexibility index (Phi) is 5.79. The largest absolute Gasteiger partial charge is 0.351 e. The highest BCUT2D eigenvalue weighted by Crippen LogP contribution is 2.27. The van der Waals surface area contributed by atoms with Crippen LogP contribution in [0.25, 0.3) is 10.9 Å². The molecule has 2 fully saturated rings. The van der Waals surface area contributed by atoms with E-state index in [0.717, 1.165) is 10.9 Å². The van der Waals surface area contributed by atoms with E-state index in [-0.39, 0.29) is 23.3 Å². The number of fused-ring (bicyclic) bond motifs is 1. The van der Waals surface area contributed by atoms with Crippen LogP contribution in [0.15, 0.2) is 53.8 Å². The van der Waals surface area contributed by atoms with Gasteiger partial charge in [0.15, 0.2) is 0 Å². The molecule has 2 aliphatic heterocycles. The lowest BCUT2D eigenvalue weighted by Crippen LogP contribution is -2.53. The fourth-order valence-corrected chi connectivity index (χ4v) is 6.33. The third-order valence-corrected chi connectivity index (χ3v) is 8.52. The predicted octanol–water partition coefficient (Wildman–Crippen LogP) is 1.72. The topological polar surface area (TPSA) is 91.6 Å². The van der Waals surface area contributed by atoms with Crippen LogP contribution in [0, 0.1) is 5.92 Å². The second-order valence-electron chi connectivity index (χ2n) is 8.71. The minimum Gasteiger partial charge on any atom is -0.351 e. The van der Waals surface area contributed by atoms with Crippen LogP contribution in [-0.4, -0.2) is 77.3 Å². The minimum absolute atomic E-state index is 0.0436. The summed E-state index contributed by atoms with van der Waals surface area (Å²) < 4.78 is 30.2. The molecule has 33 heavy (non-hydrogen) atoms.